The normalized spacial score (nSPS) is 16.0. The molecule has 28 heavy (non-hydrogen) atoms. The molecule has 0 fully saturated rings. The van der Waals surface area contributed by atoms with Crippen LogP contribution in [0.1, 0.15) is 29.5 Å². The van der Waals surface area contributed by atoms with Crippen LogP contribution in [0.15, 0.2) is 53.6 Å². The quantitative estimate of drug-likeness (QED) is 0.872. The highest BCUT2D eigenvalue weighted by molar-refractivity contribution is 6.39. The number of carbonyl (C=O) groups is 2. The summed E-state index contributed by atoms with van der Waals surface area (Å²) in [4.78, 5) is 26.1. The molecule has 6 nitrogen and oxygen atoms in total. The first-order chi connectivity index (χ1) is 13.6. The maximum absolute atomic E-state index is 12.3. The van der Waals surface area contributed by atoms with Crippen molar-refractivity contribution in [1.82, 2.24) is 10.3 Å². The van der Waals surface area contributed by atoms with Crippen molar-refractivity contribution in [2.24, 2.45) is 5.10 Å². The van der Waals surface area contributed by atoms with Crippen LogP contribution in [0.3, 0.4) is 0 Å². The summed E-state index contributed by atoms with van der Waals surface area (Å²) in [5.41, 5.74) is 5.45. The zero-order chi connectivity index (χ0) is 19.5. The van der Waals surface area contributed by atoms with Crippen molar-refractivity contribution in [2.75, 3.05) is 18.5 Å². The highest BCUT2D eigenvalue weighted by Crippen LogP contribution is 2.28. The minimum atomic E-state index is -0.211. The Morgan fingerprint density at radius 2 is 1.79 bits per heavy atom. The van der Waals surface area contributed by atoms with Gasteiger partial charge < -0.3 is 10.2 Å². The lowest BCUT2D eigenvalue weighted by atomic mass is 10.1. The molecule has 0 atom stereocenters. The fourth-order valence-electron chi connectivity index (χ4n) is 3.67. The molecule has 2 aromatic carbocycles. The zero-order valence-electron chi connectivity index (χ0n) is 16.0. The first-order valence-electron chi connectivity index (χ1n) is 9.63. The van der Waals surface area contributed by atoms with Crippen LogP contribution in [-0.4, -0.2) is 36.1 Å². The second-order valence-corrected chi connectivity index (χ2v) is 7.26. The van der Waals surface area contributed by atoms with Crippen LogP contribution in [0.4, 0.5) is 5.69 Å². The molecule has 2 heterocycles. The van der Waals surface area contributed by atoms with Crippen molar-refractivity contribution >= 4 is 23.2 Å². The van der Waals surface area contributed by atoms with Crippen molar-refractivity contribution in [3.05, 3.63) is 65.2 Å². The maximum Gasteiger partial charge on any atom is 0.267 e. The molecule has 2 aromatic rings. The second-order valence-electron chi connectivity index (χ2n) is 7.26. The van der Waals surface area contributed by atoms with E-state index in [0.29, 0.717) is 25.1 Å². The molecular formula is C22H24N4O2. The number of anilines is 1. The molecule has 0 bridgehead atoms. The number of hydrogen-bond donors (Lipinski definition) is 1. The van der Waals surface area contributed by atoms with Crippen molar-refractivity contribution < 1.29 is 9.59 Å². The number of rotatable bonds is 5. The van der Waals surface area contributed by atoms with Gasteiger partial charge in [0.25, 0.3) is 5.91 Å². The van der Waals surface area contributed by atoms with Gasteiger partial charge in [-0.25, -0.2) is 5.01 Å². The van der Waals surface area contributed by atoms with Crippen molar-refractivity contribution in [3.8, 4) is 0 Å². The molecule has 6 heteroatoms. The number of benzene rings is 2. The van der Waals surface area contributed by atoms with E-state index in [2.05, 4.69) is 63.8 Å². The van der Waals surface area contributed by atoms with Crippen LogP contribution in [0.25, 0.3) is 0 Å². The van der Waals surface area contributed by atoms with E-state index in [9.17, 15) is 9.59 Å². The van der Waals surface area contributed by atoms with Gasteiger partial charge in [-0.1, -0.05) is 42.5 Å². The highest BCUT2D eigenvalue weighted by Gasteiger charge is 2.22. The van der Waals surface area contributed by atoms with Crippen LogP contribution >= 0.6 is 0 Å². The van der Waals surface area contributed by atoms with E-state index in [-0.39, 0.29) is 11.8 Å². The number of hydrogen-bond acceptors (Lipinski definition) is 4. The third kappa shape index (κ3) is 3.91. The van der Waals surface area contributed by atoms with Gasteiger partial charge in [0, 0.05) is 45.2 Å². The SMILES string of the molecule is CN1N=C(C(=O)NCc2ccc(CN3CCc4ccccc43)cc2)CCC1=O. The van der Waals surface area contributed by atoms with Crippen LogP contribution in [0, 0.1) is 0 Å². The van der Waals surface area contributed by atoms with E-state index in [0.717, 1.165) is 25.1 Å². The standard InChI is InChI=1S/C22H24N4O2/c1-25-21(27)11-10-19(24-25)22(28)23-14-16-6-8-17(9-7-16)15-26-13-12-18-4-2-3-5-20(18)26/h2-9H,10-15H2,1H3,(H,23,28). The van der Waals surface area contributed by atoms with Crippen LogP contribution in [-0.2, 0) is 29.1 Å². The van der Waals surface area contributed by atoms with E-state index >= 15 is 0 Å². The highest BCUT2D eigenvalue weighted by atomic mass is 16.2. The third-order valence-corrected chi connectivity index (χ3v) is 5.30. The van der Waals surface area contributed by atoms with Gasteiger partial charge in [-0.3, -0.25) is 9.59 Å². The largest absolute Gasteiger partial charge is 0.367 e. The van der Waals surface area contributed by atoms with Gasteiger partial charge in [0.15, 0.2) is 0 Å². The molecule has 2 amide bonds. The summed E-state index contributed by atoms with van der Waals surface area (Å²) < 4.78 is 0. The van der Waals surface area contributed by atoms with Gasteiger partial charge in [0.2, 0.25) is 5.91 Å². The Bertz CT molecular complexity index is 920. The summed E-state index contributed by atoms with van der Waals surface area (Å²) >= 11 is 0. The first kappa shape index (κ1) is 18.2. The average Bonchev–Trinajstić information content (AvgIpc) is 3.12. The summed E-state index contributed by atoms with van der Waals surface area (Å²) in [6.45, 7) is 2.39. The van der Waals surface area contributed by atoms with Crippen molar-refractivity contribution in [3.63, 3.8) is 0 Å². The van der Waals surface area contributed by atoms with E-state index in [1.807, 2.05) is 0 Å². The lowest BCUT2D eigenvalue weighted by Gasteiger charge is -2.20. The molecule has 0 unspecified atom stereocenters. The summed E-state index contributed by atoms with van der Waals surface area (Å²) in [6, 6.07) is 16.9. The van der Waals surface area contributed by atoms with Gasteiger partial charge in [0.05, 0.1) is 0 Å². The molecule has 2 aliphatic heterocycles. The Labute approximate surface area is 164 Å². The topological polar surface area (TPSA) is 65.0 Å². The monoisotopic (exact) mass is 376 g/mol. The fourth-order valence-corrected chi connectivity index (χ4v) is 3.67. The molecule has 0 saturated heterocycles. The molecule has 0 saturated carbocycles. The van der Waals surface area contributed by atoms with E-state index in [1.165, 1.54) is 21.8 Å². The number of hydrazone groups is 1. The van der Waals surface area contributed by atoms with Gasteiger partial charge in [0.1, 0.15) is 5.71 Å². The van der Waals surface area contributed by atoms with Gasteiger partial charge >= 0.3 is 0 Å². The molecule has 0 aromatic heterocycles. The Morgan fingerprint density at radius 3 is 2.57 bits per heavy atom. The van der Waals surface area contributed by atoms with Crippen LogP contribution < -0.4 is 10.2 Å². The smallest absolute Gasteiger partial charge is 0.267 e. The predicted octanol–water partition coefficient (Wildman–Crippen LogP) is 2.47. The van der Waals surface area contributed by atoms with E-state index in [4.69, 9.17) is 0 Å². The fraction of sp³-hybridized carbons (Fsp3) is 0.318. The average molecular weight is 376 g/mol. The first-order valence-corrected chi connectivity index (χ1v) is 9.63. The Morgan fingerprint density at radius 1 is 1.04 bits per heavy atom. The third-order valence-electron chi connectivity index (χ3n) is 5.30. The molecule has 2 aliphatic rings. The number of amides is 2. The Kier molecular flexibility index (Phi) is 5.10. The summed E-state index contributed by atoms with van der Waals surface area (Å²) in [5.74, 6) is -0.273. The molecular weight excluding hydrogens is 352 g/mol. The van der Waals surface area contributed by atoms with E-state index < -0.39 is 0 Å². The lowest BCUT2D eigenvalue weighted by Crippen LogP contribution is -2.37. The van der Waals surface area contributed by atoms with Gasteiger partial charge in [-0.05, 0) is 29.2 Å². The van der Waals surface area contributed by atoms with Crippen molar-refractivity contribution in [1.29, 1.82) is 0 Å². The number of nitrogens with zero attached hydrogens (tertiary/aromatic N) is 3. The number of fused-ring (bicyclic) bond motifs is 1. The minimum Gasteiger partial charge on any atom is -0.367 e. The molecule has 0 aliphatic carbocycles. The van der Waals surface area contributed by atoms with Crippen LogP contribution in [0.5, 0.6) is 0 Å². The zero-order valence-corrected chi connectivity index (χ0v) is 16.0. The predicted molar refractivity (Wildman–Crippen MR) is 109 cm³/mol. The Hall–Kier alpha value is -3.15. The number of nitrogens with one attached hydrogen (secondary N) is 1. The second kappa shape index (κ2) is 7.84. The summed E-state index contributed by atoms with van der Waals surface area (Å²) in [7, 11) is 1.58. The maximum atomic E-state index is 12.3. The molecule has 0 radical (unpaired) electrons. The van der Waals surface area contributed by atoms with Crippen molar-refractivity contribution in [2.45, 2.75) is 32.4 Å². The summed E-state index contributed by atoms with van der Waals surface area (Å²) in [5, 5.41) is 8.18. The lowest BCUT2D eigenvalue weighted by molar-refractivity contribution is -0.130. The van der Waals surface area contributed by atoms with Crippen LogP contribution in [0.2, 0.25) is 0 Å². The number of para-hydroxylation sites is 1. The summed E-state index contributed by atoms with van der Waals surface area (Å²) in [6.07, 6.45) is 1.83. The number of carbonyl (C=O) groups excluding carboxylic acids is 2. The molecule has 144 valence electrons. The Balaban J connectivity index is 1.32. The van der Waals surface area contributed by atoms with E-state index in [1.54, 1.807) is 7.05 Å². The molecule has 1 N–H and O–H groups in total. The van der Waals surface area contributed by atoms with Gasteiger partial charge in [-0.15, -0.1) is 0 Å². The minimum absolute atomic E-state index is 0.0623. The molecule has 4 rings (SSSR count). The van der Waals surface area contributed by atoms with Gasteiger partial charge in [-0.2, -0.15) is 5.10 Å². The molecule has 0 spiro atoms.